The van der Waals surface area contributed by atoms with Gasteiger partial charge in [0.05, 0.1) is 10.7 Å². The van der Waals surface area contributed by atoms with Crippen molar-refractivity contribution in [2.24, 2.45) is 0 Å². The van der Waals surface area contributed by atoms with Crippen LogP contribution in [0, 0.1) is 0 Å². The predicted molar refractivity (Wildman–Crippen MR) is 60.5 cm³/mol. The van der Waals surface area contributed by atoms with Gasteiger partial charge in [-0.05, 0) is 11.6 Å². The van der Waals surface area contributed by atoms with Crippen molar-refractivity contribution in [2.45, 2.75) is 0 Å². The molecule has 0 bridgehead atoms. The molecule has 0 fully saturated rings. The summed E-state index contributed by atoms with van der Waals surface area (Å²) in [6.45, 7) is 0. The molecule has 68 valence electrons. The van der Waals surface area contributed by atoms with Crippen molar-refractivity contribution in [1.82, 2.24) is 0 Å². The number of alkyl halides is 1. The number of carbonyl (C=O) groups is 1. The van der Waals surface area contributed by atoms with Gasteiger partial charge in [-0.2, -0.15) is 0 Å². The predicted octanol–water partition coefficient (Wildman–Crippen LogP) is 2.64. The molecule has 0 aliphatic carbocycles. The Kier molecular flexibility index (Phi) is 4.53. The molecule has 0 aliphatic rings. The molecule has 0 aromatic heterocycles. The van der Waals surface area contributed by atoms with Crippen LogP contribution in [0.2, 0.25) is 0 Å². The molecule has 0 unspecified atom stereocenters. The average Bonchev–Trinajstić information content (AvgIpc) is 2.19. The van der Waals surface area contributed by atoms with Crippen molar-refractivity contribution in [3.8, 4) is 0 Å². The second kappa shape index (κ2) is 5.75. The maximum Gasteiger partial charge on any atom is 0.320 e. The summed E-state index contributed by atoms with van der Waals surface area (Å²) in [4.78, 5) is 10.7. The number of hydrogen-bond acceptors (Lipinski definition) is 2. The van der Waals surface area contributed by atoms with Gasteiger partial charge in [0.25, 0.3) is 0 Å². The van der Waals surface area contributed by atoms with E-state index >= 15 is 0 Å². The van der Waals surface area contributed by atoms with Gasteiger partial charge in [0.15, 0.2) is 0 Å². The van der Waals surface area contributed by atoms with Crippen molar-refractivity contribution in [3.63, 3.8) is 0 Å². The molecule has 13 heavy (non-hydrogen) atoms. The fraction of sp³-hybridized carbons (Fsp3) is 0.100. The highest BCUT2D eigenvalue weighted by atomic mass is 127. The van der Waals surface area contributed by atoms with Crippen LogP contribution in [0.5, 0.6) is 0 Å². The lowest BCUT2D eigenvalue weighted by Gasteiger charge is -1.93. The molecule has 1 aromatic rings. The van der Waals surface area contributed by atoms with E-state index in [0.29, 0.717) is 4.43 Å². The van der Waals surface area contributed by atoms with Crippen LogP contribution in [-0.2, 0) is 9.53 Å². The Hall–Kier alpha value is -0.840. The van der Waals surface area contributed by atoms with Gasteiger partial charge in [-0.25, -0.2) is 0 Å². The summed E-state index contributed by atoms with van der Waals surface area (Å²) in [6, 6.07) is 9.68. The summed E-state index contributed by atoms with van der Waals surface area (Å²) in [7, 11) is 0. The summed E-state index contributed by atoms with van der Waals surface area (Å²) >= 11 is 1.96. The maximum atomic E-state index is 10.7. The highest BCUT2D eigenvalue weighted by Gasteiger charge is 1.93. The van der Waals surface area contributed by atoms with E-state index in [0.717, 1.165) is 5.56 Å². The Morgan fingerprint density at radius 1 is 1.38 bits per heavy atom. The number of rotatable bonds is 3. The highest BCUT2D eigenvalue weighted by molar-refractivity contribution is 14.1. The normalized spacial score (nSPS) is 10.2. The maximum absolute atomic E-state index is 10.7. The minimum atomic E-state index is -0.229. The number of benzene rings is 1. The SMILES string of the molecule is O=C(CI)OC=Cc1ccccc1. The molecule has 0 radical (unpaired) electrons. The van der Waals surface area contributed by atoms with Crippen LogP contribution in [0.4, 0.5) is 0 Å². The molecular weight excluding hydrogens is 279 g/mol. The molecule has 0 spiro atoms. The Morgan fingerprint density at radius 2 is 2.08 bits per heavy atom. The topological polar surface area (TPSA) is 26.3 Å². The minimum absolute atomic E-state index is 0.229. The monoisotopic (exact) mass is 288 g/mol. The van der Waals surface area contributed by atoms with Crippen molar-refractivity contribution in [2.75, 3.05) is 4.43 Å². The molecule has 0 heterocycles. The quantitative estimate of drug-likeness (QED) is 0.370. The minimum Gasteiger partial charge on any atom is -0.434 e. The lowest BCUT2D eigenvalue weighted by molar-refractivity contribution is -0.134. The molecule has 0 saturated carbocycles. The number of ether oxygens (including phenoxy) is 1. The van der Waals surface area contributed by atoms with Crippen LogP contribution in [0.3, 0.4) is 0 Å². The van der Waals surface area contributed by atoms with Gasteiger partial charge in [0.2, 0.25) is 0 Å². The zero-order valence-corrected chi connectivity index (χ0v) is 9.10. The first kappa shape index (κ1) is 10.2. The van der Waals surface area contributed by atoms with Crippen LogP contribution in [0.15, 0.2) is 36.6 Å². The molecular formula is C10H9IO2. The van der Waals surface area contributed by atoms with E-state index in [2.05, 4.69) is 0 Å². The largest absolute Gasteiger partial charge is 0.434 e. The van der Waals surface area contributed by atoms with Crippen LogP contribution in [0.25, 0.3) is 6.08 Å². The van der Waals surface area contributed by atoms with E-state index in [-0.39, 0.29) is 5.97 Å². The lowest BCUT2D eigenvalue weighted by atomic mass is 10.2. The zero-order chi connectivity index (χ0) is 9.52. The van der Waals surface area contributed by atoms with E-state index in [1.165, 1.54) is 6.26 Å². The Balaban J connectivity index is 2.45. The first-order valence-corrected chi connectivity index (χ1v) is 5.32. The summed E-state index contributed by atoms with van der Waals surface area (Å²) in [5.41, 5.74) is 1.02. The van der Waals surface area contributed by atoms with Crippen LogP contribution >= 0.6 is 22.6 Å². The number of halogens is 1. The zero-order valence-electron chi connectivity index (χ0n) is 6.94. The average molecular weight is 288 g/mol. The second-order valence-corrected chi connectivity index (χ2v) is 3.10. The Labute approximate surface area is 90.7 Å². The molecule has 2 nitrogen and oxygen atoms in total. The van der Waals surface area contributed by atoms with Crippen LogP contribution in [-0.4, -0.2) is 10.4 Å². The molecule has 0 atom stereocenters. The molecule has 0 amide bonds. The fourth-order valence-electron chi connectivity index (χ4n) is 0.784. The first-order valence-electron chi connectivity index (χ1n) is 3.80. The molecule has 0 saturated heterocycles. The van der Waals surface area contributed by atoms with E-state index in [1.54, 1.807) is 6.08 Å². The van der Waals surface area contributed by atoms with E-state index in [9.17, 15) is 4.79 Å². The van der Waals surface area contributed by atoms with Gasteiger partial charge >= 0.3 is 5.97 Å². The third-order valence-corrected chi connectivity index (χ3v) is 1.99. The van der Waals surface area contributed by atoms with Gasteiger partial charge in [-0.1, -0.05) is 52.9 Å². The molecule has 1 rings (SSSR count). The van der Waals surface area contributed by atoms with Crippen molar-refractivity contribution < 1.29 is 9.53 Å². The summed E-state index contributed by atoms with van der Waals surface area (Å²) in [5, 5.41) is 0. The third kappa shape index (κ3) is 4.07. The Bertz CT molecular complexity index is 293. The summed E-state index contributed by atoms with van der Waals surface area (Å²) in [5.74, 6) is -0.229. The van der Waals surface area contributed by atoms with Gasteiger partial charge in [0.1, 0.15) is 0 Å². The summed E-state index contributed by atoms with van der Waals surface area (Å²) < 4.78 is 5.14. The van der Waals surface area contributed by atoms with Gasteiger partial charge in [-0.15, -0.1) is 0 Å². The van der Waals surface area contributed by atoms with Crippen molar-refractivity contribution in [1.29, 1.82) is 0 Å². The Morgan fingerprint density at radius 3 is 2.69 bits per heavy atom. The van der Waals surface area contributed by atoms with Crippen LogP contribution in [0.1, 0.15) is 5.56 Å². The summed E-state index contributed by atoms with van der Waals surface area (Å²) in [6.07, 6.45) is 3.17. The molecule has 3 heteroatoms. The number of carbonyl (C=O) groups excluding carboxylic acids is 1. The van der Waals surface area contributed by atoms with E-state index in [1.807, 2.05) is 52.9 Å². The van der Waals surface area contributed by atoms with E-state index < -0.39 is 0 Å². The van der Waals surface area contributed by atoms with Gasteiger partial charge in [-0.3, -0.25) is 4.79 Å². The molecule has 0 aliphatic heterocycles. The fourth-order valence-corrected chi connectivity index (χ4v) is 0.964. The smallest absolute Gasteiger partial charge is 0.320 e. The standard InChI is InChI=1S/C10H9IO2/c11-8-10(12)13-7-6-9-4-2-1-3-5-9/h1-7H,8H2. The van der Waals surface area contributed by atoms with Crippen molar-refractivity contribution >= 4 is 34.6 Å². The van der Waals surface area contributed by atoms with Crippen LogP contribution < -0.4 is 0 Å². The lowest BCUT2D eigenvalue weighted by Crippen LogP contribution is -1.98. The second-order valence-electron chi connectivity index (χ2n) is 2.34. The number of esters is 1. The third-order valence-electron chi connectivity index (χ3n) is 1.37. The first-order chi connectivity index (χ1) is 6.33. The highest BCUT2D eigenvalue weighted by Crippen LogP contribution is 2.01. The number of hydrogen-bond donors (Lipinski definition) is 0. The van der Waals surface area contributed by atoms with Gasteiger partial charge < -0.3 is 4.74 Å². The van der Waals surface area contributed by atoms with Crippen molar-refractivity contribution in [3.05, 3.63) is 42.2 Å². The molecule has 0 N–H and O–H groups in total. The molecule has 1 aromatic carbocycles. The van der Waals surface area contributed by atoms with E-state index in [4.69, 9.17) is 4.74 Å². The van der Waals surface area contributed by atoms with Gasteiger partial charge in [0, 0.05) is 0 Å².